The fourth-order valence-electron chi connectivity index (χ4n) is 3.72. The highest BCUT2D eigenvalue weighted by Gasteiger charge is 2.27. The Hall–Kier alpha value is -1.27. The number of hydrogen-bond donors (Lipinski definition) is 0. The lowest BCUT2D eigenvalue weighted by Gasteiger charge is -2.39. The van der Waals surface area contributed by atoms with Gasteiger partial charge in [0.15, 0.2) is 9.84 Å². The average Bonchev–Trinajstić information content (AvgIpc) is 3.07. The van der Waals surface area contributed by atoms with Crippen LogP contribution in [-0.2, 0) is 14.6 Å². The van der Waals surface area contributed by atoms with Gasteiger partial charge in [0.05, 0.1) is 34.2 Å². The summed E-state index contributed by atoms with van der Waals surface area (Å²) in [4.78, 5) is 5.11. The molecule has 2 atom stereocenters. The van der Waals surface area contributed by atoms with Gasteiger partial charge in [0.1, 0.15) is 0 Å². The Labute approximate surface area is 145 Å². The topological polar surface area (TPSA) is 49.9 Å². The Kier molecular flexibility index (Phi) is 5.06. The van der Waals surface area contributed by atoms with Gasteiger partial charge in [-0.15, -0.1) is 0 Å². The number of morpholine rings is 1. The van der Waals surface area contributed by atoms with Crippen molar-refractivity contribution in [3.63, 3.8) is 0 Å². The maximum atomic E-state index is 12.3. The maximum Gasteiger partial charge on any atom is 0.178 e. The van der Waals surface area contributed by atoms with Crippen molar-refractivity contribution in [2.24, 2.45) is 0 Å². The molecule has 2 heterocycles. The number of rotatable bonds is 4. The first kappa shape index (κ1) is 17.5. The van der Waals surface area contributed by atoms with Crippen molar-refractivity contribution >= 4 is 21.2 Å². The molecular formula is C18H28N2O3S. The lowest BCUT2D eigenvalue weighted by atomic mass is 10.1. The third-order valence-electron chi connectivity index (χ3n) is 4.89. The van der Waals surface area contributed by atoms with Crippen molar-refractivity contribution in [1.82, 2.24) is 0 Å². The summed E-state index contributed by atoms with van der Waals surface area (Å²) in [5.41, 5.74) is 2.19. The van der Waals surface area contributed by atoms with E-state index < -0.39 is 9.84 Å². The van der Waals surface area contributed by atoms with Crippen molar-refractivity contribution < 1.29 is 13.2 Å². The van der Waals surface area contributed by atoms with Crippen LogP contribution in [0.5, 0.6) is 0 Å². The van der Waals surface area contributed by atoms with Crippen LogP contribution in [0.1, 0.15) is 33.6 Å². The Morgan fingerprint density at radius 1 is 1.04 bits per heavy atom. The molecule has 2 unspecified atom stereocenters. The summed E-state index contributed by atoms with van der Waals surface area (Å²) < 4.78 is 30.5. The summed E-state index contributed by atoms with van der Waals surface area (Å²) in [6, 6.07) is 5.63. The van der Waals surface area contributed by atoms with Crippen molar-refractivity contribution in [3.05, 3.63) is 18.2 Å². The summed E-state index contributed by atoms with van der Waals surface area (Å²) >= 11 is 0. The summed E-state index contributed by atoms with van der Waals surface area (Å²) in [6.07, 6.45) is 2.69. The molecular weight excluding hydrogens is 324 g/mol. The van der Waals surface area contributed by atoms with Gasteiger partial charge in [-0.2, -0.15) is 0 Å². The second-order valence-electron chi connectivity index (χ2n) is 6.91. The molecule has 3 rings (SSSR count). The number of anilines is 2. The lowest BCUT2D eigenvalue weighted by molar-refractivity contribution is -0.00519. The van der Waals surface area contributed by atoms with Crippen molar-refractivity contribution in [1.29, 1.82) is 0 Å². The van der Waals surface area contributed by atoms with Crippen LogP contribution in [-0.4, -0.2) is 52.6 Å². The fourth-order valence-corrected chi connectivity index (χ4v) is 4.62. The van der Waals surface area contributed by atoms with Crippen LogP contribution in [0.15, 0.2) is 23.1 Å². The number of nitrogens with zero attached hydrogens (tertiary/aromatic N) is 2. The van der Waals surface area contributed by atoms with Gasteiger partial charge in [0, 0.05) is 26.2 Å². The zero-order valence-corrected chi connectivity index (χ0v) is 15.7. The molecule has 5 nitrogen and oxygen atoms in total. The molecule has 2 aliphatic rings. The first-order valence-corrected chi connectivity index (χ1v) is 10.6. The molecule has 1 aromatic rings. The molecule has 0 aliphatic carbocycles. The molecule has 6 heteroatoms. The monoisotopic (exact) mass is 352 g/mol. The van der Waals surface area contributed by atoms with Crippen molar-refractivity contribution in [3.8, 4) is 0 Å². The van der Waals surface area contributed by atoms with E-state index in [1.54, 1.807) is 13.0 Å². The minimum atomic E-state index is -3.19. The van der Waals surface area contributed by atoms with Gasteiger partial charge >= 0.3 is 0 Å². The van der Waals surface area contributed by atoms with Crippen molar-refractivity contribution in [2.45, 2.75) is 50.7 Å². The third kappa shape index (κ3) is 3.54. The van der Waals surface area contributed by atoms with E-state index in [-0.39, 0.29) is 18.0 Å². The molecule has 24 heavy (non-hydrogen) atoms. The standard InChI is InChI=1S/C18H28N2O3S/c1-4-24(21,22)16-7-8-17(18(11-16)19-9-5-6-10-19)20-12-14(2)23-15(3)13-20/h7-8,11,14-15H,4-6,9-10,12-13H2,1-3H3. The Bertz CT molecular complexity index is 674. The van der Waals surface area contributed by atoms with Crippen LogP contribution in [0.4, 0.5) is 11.4 Å². The van der Waals surface area contributed by atoms with Gasteiger partial charge in [0.2, 0.25) is 0 Å². The smallest absolute Gasteiger partial charge is 0.178 e. The molecule has 0 bridgehead atoms. The number of hydrogen-bond acceptors (Lipinski definition) is 5. The van der Waals surface area contributed by atoms with E-state index in [1.807, 2.05) is 12.1 Å². The minimum Gasteiger partial charge on any atom is -0.372 e. The Balaban J connectivity index is 2.01. The zero-order valence-electron chi connectivity index (χ0n) is 14.9. The normalized spacial score (nSPS) is 25.3. The first-order valence-electron chi connectivity index (χ1n) is 8.93. The van der Waals surface area contributed by atoms with Gasteiger partial charge < -0.3 is 14.5 Å². The zero-order chi connectivity index (χ0) is 17.3. The third-order valence-corrected chi connectivity index (χ3v) is 6.63. The summed E-state index contributed by atoms with van der Waals surface area (Å²) in [7, 11) is -3.19. The highest BCUT2D eigenvalue weighted by molar-refractivity contribution is 7.91. The first-order chi connectivity index (χ1) is 11.4. The quantitative estimate of drug-likeness (QED) is 0.834. The molecule has 0 spiro atoms. The predicted molar refractivity (Wildman–Crippen MR) is 97.8 cm³/mol. The maximum absolute atomic E-state index is 12.3. The summed E-state index contributed by atoms with van der Waals surface area (Å²) in [5.74, 6) is 0.136. The SMILES string of the molecule is CCS(=O)(=O)c1ccc(N2CC(C)OC(C)C2)c(N2CCCC2)c1. The highest BCUT2D eigenvalue weighted by Crippen LogP contribution is 2.35. The van der Waals surface area contributed by atoms with Crippen LogP contribution in [0.25, 0.3) is 0 Å². The molecule has 2 saturated heterocycles. The molecule has 0 radical (unpaired) electrons. The number of ether oxygens (including phenoxy) is 1. The summed E-state index contributed by atoms with van der Waals surface area (Å²) in [6.45, 7) is 9.55. The van der Waals surface area contributed by atoms with E-state index in [0.29, 0.717) is 4.90 Å². The molecule has 0 aromatic heterocycles. The molecule has 0 amide bonds. The Morgan fingerprint density at radius 3 is 2.25 bits per heavy atom. The Morgan fingerprint density at radius 2 is 1.67 bits per heavy atom. The van der Waals surface area contributed by atoms with Crippen LogP contribution in [0.2, 0.25) is 0 Å². The van der Waals surface area contributed by atoms with E-state index in [9.17, 15) is 8.42 Å². The van der Waals surface area contributed by atoms with Crippen LogP contribution in [0, 0.1) is 0 Å². The van der Waals surface area contributed by atoms with E-state index in [2.05, 4.69) is 23.6 Å². The van der Waals surface area contributed by atoms with E-state index in [1.165, 1.54) is 12.8 Å². The fraction of sp³-hybridized carbons (Fsp3) is 0.667. The second kappa shape index (κ2) is 6.92. The van der Waals surface area contributed by atoms with Crippen molar-refractivity contribution in [2.75, 3.05) is 41.7 Å². The molecule has 1 aromatic carbocycles. The van der Waals surface area contributed by atoms with Gasteiger partial charge in [-0.25, -0.2) is 8.42 Å². The number of benzene rings is 1. The molecule has 0 N–H and O–H groups in total. The predicted octanol–water partition coefficient (Wildman–Crippen LogP) is 2.69. The van der Waals surface area contributed by atoms with Gasteiger partial charge in [0.25, 0.3) is 0 Å². The van der Waals surface area contributed by atoms with Gasteiger partial charge in [-0.1, -0.05) is 6.92 Å². The van der Waals surface area contributed by atoms with Crippen LogP contribution in [0.3, 0.4) is 0 Å². The van der Waals surface area contributed by atoms with E-state index >= 15 is 0 Å². The molecule has 0 saturated carbocycles. The van der Waals surface area contributed by atoms with E-state index in [4.69, 9.17) is 4.74 Å². The summed E-state index contributed by atoms with van der Waals surface area (Å²) in [5, 5.41) is 0. The largest absolute Gasteiger partial charge is 0.372 e. The van der Waals surface area contributed by atoms with Crippen LogP contribution < -0.4 is 9.80 Å². The van der Waals surface area contributed by atoms with Gasteiger partial charge in [-0.3, -0.25) is 0 Å². The highest BCUT2D eigenvalue weighted by atomic mass is 32.2. The molecule has 134 valence electrons. The number of sulfone groups is 1. The van der Waals surface area contributed by atoms with E-state index in [0.717, 1.165) is 37.6 Å². The molecule has 2 fully saturated rings. The second-order valence-corrected chi connectivity index (χ2v) is 9.19. The van der Waals surface area contributed by atoms with Gasteiger partial charge in [-0.05, 0) is 44.9 Å². The molecule has 2 aliphatic heterocycles. The van der Waals surface area contributed by atoms with Crippen LogP contribution >= 0.6 is 0 Å². The average molecular weight is 353 g/mol. The minimum absolute atomic E-state index is 0.136. The lowest BCUT2D eigenvalue weighted by Crippen LogP contribution is -2.46.